The maximum Gasteiger partial charge on any atom is 0.337 e. The third-order valence-corrected chi connectivity index (χ3v) is 3.04. The highest BCUT2D eigenvalue weighted by molar-refractivity contribution is 5.94. The predicted octanol–water partition coefficient (Wildman–Crippen LogP) is 2.74. The molecule has 1 aliphatic carbocycles. The first-order valence-electron chi connectivity index (χ1n) is 5.27. The lowest BCUT2D eigenvalue weighted by molar-refractivity contribution is 0.0697. The van der Waals surface area contributed by atoms with Gasteiger partial charge in [0.15, 0.2) is 0 Å². The second kappa shape index (κ2) is 3.77. The van der Waals surface area contributed by atoms with Crippen molar-refractivity contribution < 1.29 is 14.3 Å². The summed E-state index contributed by atoms with van der Waals surface area (Å²) in [6.07, 6.45) is 2.22. The molecule has 3 nitrogen and oxygen atoms in total. The summed E-state index contributed by atoms with van der Waals surface area (Å²) in [7, 11) is 0. The monoisotopic (exact) mass is 223 g/mol. The SMILES string of the molecule is CC1(CNc2c(F)cccc2C(=O)O)CC1. The minimum Gasteiger partial charge on any atom is -0.478 e. The van der Waals surface area contributed by atoms with E-state index in [4.69, 9.17) is 5.11 Å². The zero-order valence-electron chi connectivity index (χ0n) is 9.09. The van der Waals surface area contributed by atoms with E-state index in [0.29, 0.717) is 6.54 Å². The normalized spacial score (nSPS) is 16.9. The molecule has 1 aromatic carbocycles. The molecule has 1 aliphatic rings. The fourth-order valence-electron chi connectivity index (χ4n) is 1.57. The number of para-hydroxylation sites is 1. The van der Waals surface area contributed by atoms with Gasteiger partial charge < -0.3 is 10.4 Å². The summed E-state index contributed by atoms with van der Waals surface area (Å²) in [5.41, 5.74) is 0.297. The minimum atomic E-state index is -1.11. The van der Waals surface area contributed by atoms with Gasteiger partial charge in [0.25, 0.3) is 0 Å². The summed E-state index contributed by atoms with van der Waals surface area (Å²) in [4.78, 5) is 10.9. The number of anilines is 1. The average Bonchev–Trinajstić information content (AvgIpc) is 2.95. The van der Waals surface area contributed by atoms with Crippen LogP contribution in [0.4, 0.5) is 10.1 Å². The maximum atomic E-state index is 13.5. The van der Waals surface area contributed by atoms with Crippen LogP contribution in [0, 0.1) is 11.2 Å². The molecule has 0 aliphatic heterocycles. The van der Waals surface area contributed by atoms with Gasteiger partial charge in [-0.05, 0) is 30.4 Å². The molecule has 1 saturated carbocycles. The summed E-state index contributed by atoms with van der Waals surface area (Å²) < 4.78 is 13.5. The van der Waals surface area contributed by atoms with Gasteiger partial charge in [0.1, 0.15) is 5.82 Å². The molecule has 1 fully saturated rings. The molecule has 0 amide bonds. The highest BCUT2D eigenvalue weighted by Gasteiger charge is 2.37. The Hall–Kier alpha value is -1.58. The predicted molar refractivity (Wildman–Crippen MR) is 59.2 cm³/mol. The van der Waals surface area contributed by atoms with Crippen LogP contribution in [0.3, 0.4) is 0 Å². The van der Waals surface area contributed by atoms with Gasteiger partial charge in [-0.3, -0.25) is 0 Å². The summed E-state index contributed by atoms with van der Waals surface area (Å²) >= 11 is 0. The maximum absolute atomic E-state index is 13.5. The van der Waals surface area contributed by atoms with Gasteiger partial charge in [-0.25, -0.2) is 9.18 Å². The largest absolute Gasteiger partial charge is 0.478 e. The number of halogens is 1. The summed E-state index contributed by atoms with van der Waals surface area (Å²) in [6.45, 7) is 2.72. The van der Waals surface area contributed by atoms with Crippen LogP contribution in [0.2, 0.25) is 0 Å². The van der Waals surface area contributed by atoms with Crippen molar-refractivity contribution in [1.82, 2.24) is 0 Å². The number of carboxylic acid groups (broad SMARTS) is 1. The van der Waals surface area contributed by atoms with Crippen LogP contribution in [0.5, 0.6) is 0 Å². The zero-order chi connectivity index (χ0) is 11.8. The van der Waals surface area contributed by atoms with E-state index >= 15 is 0 Å². The van der Waals surface area contributed by atoms with Crippen molar-refractivity contribution in [2.75, 3.05) is 11.9 Å². The first-order chi connectivity index (χ1) is 7.52. The topological polar surface area (TPSA) is 49.3 Å². The second-order valence-electron chi connectivity index (χ2n) is 4.63. The molecule has 0 unspecified atom stereocenters. The van der Waals surface area contributed by atoms with Gasteiger partial charge in [-0.1, -0.05) is 13.0 Å². The van der Waals surface area contributed by atoms with Gasteiger partial charge in [-0.2, -0.15) is 0 Å². The van der Waals surface area contributed by atoms with Crippen molar-refractivity contribution in [3.05, 3.63) is 29.6 Å². The lowest BCUT2D eigenvalue weighted by atomic mass is 10.1. The molecule has 2 rings (SSSR count). The number of carbonyl (C=O) groups is 1. The molecule has 0 atom stereocenters. The second-order valence-corrected chi connectivity index (χ2v) is 4.63. The smallest absolute Gasteiger partial charge is 0.337 e. The fraction of sp³-hybridized carbons (Fsp3) is 0.417. The number of hydrogen-bond acceptors (Lipinski definition) is 2. The third-order valence-electron chi connectivity index (χ3n) is 3.04. The first kappa shape index (κ1) is 10.9. The Morgan fingerprint density at radius 2 is 2.25 bits per heavy atom. The first-order valence-corrected chi connectivity index (χ1v) is 5.27. The Morgan fingerprint density at radius 1 is 1.56 bits per heavy atom. The van der Waals surface area contributed by atoms with Crippen LogP contribution in [0.15, 0.2) is 18.2 Å². The van der Waals surface area contributed by atoms with E-state index in [1.807, 2.05) is 0 Å². The van der Waals surface area contributed by atoms with Gasteiger partial charge in [0, 0.05) is 6.54 Å². The molecule has 4 heteroatoms. The Bertz CT molecular complexity index is 427. The molecule has 1 aromatic rings. The van der Waals surface area contributed by atoms with E-state index in [2.05, 4.69) is 12.2 Å². The Morgan fingerprint density at radius 3 is 2.81 bits per heavy atom. The van der Waals surface area contributed by atoms with Crippen molar-refractivity contribution in [1.29, 1.82) is 0 Å². The van der Waals surface area contributed by atoms with Crippen molar-refractivity contribution in [3.63, 3.8) is 0 Å². The molecule has 0 heterocycles. The number of carboxylic acids is 1. The molecule has 0 saturated heterocycles. The molecular formula is C12H14FNO2. The molecule has 0 radical (unpaired) electrons. The summed E-state index contributed by atoms with van der Waals surface area (Å²) in [5, 5.41) is 11.8. The lowest BCUT2D eigenvalue weighted by Crippen LogP contribution is -2.15. The molecule has 16 heavy (non-hydrogen) atoms. The number of rotatable bonds is 4. The molecule has 2 N–H and O–H groups in total. The third kappa shape index (κ3) is 2.15. The number of nitrogens with one attached hydrogen (secondary N) is 1. The van der Waals surface area contributed by atoms with Crippen LogP contribution in [-0.4, -0.2) is 17.6 Å². The lowest BCUT2D eigenvalue weighted by Gasteiger charge is -2.14. The van der Waals surface area contributed by atoms with E-state index in [-0.39, 0.29) is 16.7 Å². The van der Waals surface area contributed by atoms with E-state index in [0.717, 1.165) is 12.8 Å². The van der Waals surface area contributed by atoms with Crippen molar-refractivity contribution >= 4 is 11.7 Å². The standard InChI is InChI=1S/C12H14FNO2/c1-12(5-6-12)7-14-10-8(11(15)16)3-2-4-9(10)13/h2-4,14H,5-7H2,1H3,(H,15,16). The Balaban J connectivity index is 2.20. The Labute approximate surface area is 93.3 Å². The summed E-state index contributed by atoms with van der Waals surface area (Å²) in [6, 6.07) is 4.08. The molecule has 0 aromatic heterocycles. The average molecular weight is 223 g/mol. The van der Waals surface area contributed by atoms with Crippen LogP contribution in [0.25, 0.3) is 0 Å². The van der Waals surface area contributed by atoms with Crippen molar-refractivity contribution in [3.8, 4) is 0 Å². The van der Waals surface area contributed by atoms with E-state index in [1.54, 1.807) is 0 Å². The van der Waals surface area contributed by atoms with E-state index in [1.165, 1.54) is 18.2 Å². The molecule has 86 valence electrons. The number of aromatic carboxylic acids is 1. The van der Waals surface area contributed by atoms with Gasteiger partial charge in [-0.15, -0.1) is 0 Å². The highest BCUT2D eigenvalue weighted by Crippen LogP contribution is 2.45. The molecule has 0 bridgehead atoms. The number of benzene rings is 1. The van der Waals surface area contributed by atoms with Gasteiger partial charge in [0.05, 0.1) is 11.3 Å². The van der Waals surface area contributed by atoms with Crippen LogP contribution >= 0.6 is 0 Å². The van der Waals surface area contributed by atoms with Gasteiger partial charge in [0.2, 0.25) is 0 Å². The summed E-state index contributed by atoms with van der Waals surface area (Å²) in [5.74, 6) is -1.62. The zero-order valence-corrected chi connectivity index (χ0v) is 9.09. The molecular weight excluding hydrogens is 209 g/mol. The fourth-order valence-corrected chi connectivity index (χ4v) is 1.57. The van der Waals surface area contributed by atoms with E-state index in [9.17, 15) is 9.18 Å². The highest BCUT2D eigenvalue weighted by atomic mass is 19.1. The van der Waals surface area contributed by atoms with Crippen LogP contribution in [0.1, 0.15) is 30.1 Å². The number of hydrogen-bond donors (Lipinski definition) is 2. The van der Waals surface area contributed by atoms with Crippen LogP contribution < -0.4 is 5.32 Å². The minimum absolute atomic E-state index is 0.00995. The van der Waals surface area contributed by atoms with Crippen molar-refractivity contribution in [2.45, 2.75) is 19.8 Å². The van der Waals surface area contributed by atoms with Crippen molar-refractivity contribution in [2.24, 2.45) is 5.41 Å². The Kier molecular flexibility index (Phi) is 2.58. The van der Waals surface area contributed by atoms with E-state index < -0.39 is 11.8 Å². The van der Waals surface area contributed by atoms with Crippen LogP contribution in [-0.2, 0) is 0 Å². The van der Waals surface area contributed by atoms with Gasteiger partial charge >= 0.3 is 5.97 Å². The quantitative estimate of drug-likeness (QED) is 0.825. The molecule has 0 spiro atoms.